The Morgan fingerprint density at radius 2 is 2.00 bits per heavy atom. The van der Waals surface area contributed by atoms with E-state index in [1.807, 2.05) is 7.05 Å². The lowest BCUT2D eigenvalue weighted by Crippen LogP contribution is -2.33. The van der Waals surface area contributed by atoms with Crippen molar-refractivity contribution in [2.75, 3.05) is 38.5 Å². The first-order valence-electron chi connectivity index (χ1n) is 6.81. The van der Waals surface area contributed by atoms with Gasteiger partial charge in [-0.05, 0) is 112 Å². The van der Waals surface area contributed by atoms with Crippen molar-refractivity contribution >= 4 is 79.4 Å². The molecule has 0 spiro atoms. The van der Waals surface area contributed by atoms with Crippen molar-refractivity contribution in [1.82, 2.24) is 10.2 Å². The number of likely N-dealkylation sites (tertiary alicyclic amines) is 1. The molecule has 0 aliphatic carbocycles. The molecule has 1 heterocycles. The van der Waals surface area contributed by atoms with E-state index in [-0.39, 0.29) is 5.91 Å². The normalized spacial score (nSPS) is 19.0. The van der Waals surface area contributed by atoms with E-state index in [1.54, 1.807) is 0 Å². The molecular formula is C14H18I3N3O. The molecule has 1 atom stereocenters. The van der Waals surface area contributed by atoms with Crippen LogP contribution >= 0.6 is 67.8 Å². The lowest BCUT2D eigenvalue weighted by Gasteiger charge is -2.17. The maximum Gasteiger partial charge on any atom is 0.238 e. The number of amides is 1. The molecule has 0 aromatic heterocycles. The van der Waals surface area contributed by atoms with Gasteiger partial charge in [0.1, 0.15) is 0 Å². The van der Waals surface area contributed by atoms with Crippen molar-refractivity contribution < 1.29 is 4.79 Å². The molecule has 1 amide bonds. The van der Waals surface area contributed by atoms with Crippen molar-refractivity contribution in [3.8, 4) is 0 Å². The number of rotatable bonds is 5. The molecule has 1 aliphatic heterocycles. The lowest BCUT2D eigenvalue weighted by atomic mass is 10.1. The SMILES string of the molecule is CNCC1CCN(CC(=O)Nc2c(I)cc(I)cc2I)C1. The lowest BCUT2D eigenvalue weighted by molar-refractivity contribution is -0.117. The molecule has 1 aromatic rings. The Kier molecular flexibility index (Phi) is 7.43. The summed E-state index contributed by atoms with van der Waals surface area (Å²) < 4.78 is 3.37. The van der Waals surface area contributed by atoms with Crippen LogP contribution in [0.2, 0.25) is 0 Å². The Morgan fingerprint density at radius 3 is 2.62 bits per heavy atom. The molecule has 1 fully saturated rings. The first-order valence-corrected chi connectivity index (χ1v) is 10.0. The van der Waals surface area contributed by atoms with E-state index in [0.717, 1.165) is 32.5 Å². The maximum absolute atomic E-state index is 12.2. The number of benzene rings is 1. The van der Waals surface area contributed by atoms with E-state index >= 15 is 0 Å². The molecule has 7 heteroatoms. The van der Waals surface area contributed by atoms with Gasteiger partial charge in [-0.2, -0.15) is 0 Å². The summed E-state index contributed by atoms with van der Waals surface area (Å²) >= 11 is 6.85. The van der Waals surface area contributed by atoms with Gasteiger partial charge < -0.3 is 10.6 Å². The quantitative estimate of drug-likeness (QED) is 0.496. The van der Waals surface area contributed by atoms with E-state index in [1.165, 1.54) is 9.99 Å². The maximum atomic E-state index is 12.2. The van der Waals surface area contributed by atoms with Crippen LogP contribution in [-0.2, 0) is 4.79 Å². The Labute approximate surface area is 166 Å². The van der Waals surface area contributed by atoms with Crippen molar-refractivity contribution in [2.24, 2.45) is 5.92 Å². The number of carbonyl (C=O) groups excluding carboxylic acids is 1. The van der Waals surface area contributed by atoms with E-state index in [2.05, 4.69) is 95.4 Å². The largest absolute Gasteiger partial charge is 0.323 e. The molecule has 1 aliphatic rings. The highest BCUT2D eigenvalue weighted by Crippen LogP contribution is 2.27. The van der Waals surface area contributed by atoms with Gasteiger partial charge in [0.15, 0.2) is 0 Å². The van der Waals surface area contributed by atoms with E-state index in [0.29, 0.717) is 12.5 Å². The molecule has 116 valence electrons. The summed E-state index contributed by atoms with van der Waals surface area (Å²) in [6.45, 7) is 3.54. The second kappa shape index (κ2) is 8.60. The minimum absolute atomic E-state index is 0.0807. The molecule has 1 aromatic carbocycles. The summed E-state index contributed by atoms with van der Waals surface area (Å²) in [5, 5.41) is 6.28. The standard InChI is InChI=1S/C14H18I3N3O/c1-18-6-9-2-3-20(7-9)8-13(21)19-14-11(16)4-10(15)5-12(14)17/h4-5,9,18H,2-3,6-8H2,1H3,(H,19,21). The minimum Gasteiger partial charge on any atom is -0.323 e. The molecule has 2 N–H and O–H groups in total. The van der Waals surface area contributed by atoms with Gasteiger partial charge in [-0.1, -0.05) is 0 Å². The van der Waals surface area contributed by atoms with E-state index in [9.17, 15) is 4.79 Å². The van der Waals surface area contributed by atoms with Gasteiger partial charge in [-0.15, -0.1) is 0 Å². The van der Waals surface area contributed by atoms with Crippen LogP contribution in [0.3, 0.4) is 0 Å². The number of nitrogens with one attached hydrogen (secondary N) is 2. The number of halogens is 3. The Bertz CT molecular complexity index is 501. The van der Waals surface area contributed by atoms with Crippen molar-refractivity contribution in [3.63, 3.8) is 0 Å². The van der Waals surface area contributed by atoms with Crippen LogP contribution in [0, 0.1) is 16.6 Å². The van der Waals surface area contributed by atoms with Gasteiger partial charge in [0.2, 0.25) is 5.91 Å². The first kappa shape index (κ1) is 18.1. The summed E-state index contributed by atoms with van der Waals surface area (Å²) in [5.41, 5.74) is 0.938. The van der Waals surface area contributed by atoms with E-state index in [4.69, 9.17) is 0 Å². The highest BCUT2D eigenvalue weighted by atomic mass is 127. The summed E-state index contributed by atoms with van der Waals surface area (Å²) in [6.07, 6.45) is 1.17. The number of nitrogens with zero attached hydrogens (tertiary/aromatic N) is 1. The Morgan fingerprint density at radius 1 is 1.33 bits per heavy atom. The van der Waals surface area contributed by atoms with Gasteiger partial charge in [0.25, 0.3) is 0 Å². The summed E-state index contributed by atoms with van der Waals surface area (Å²) in [5.74, 6) is 0.749. The molecule has 0 radical (unpaired) electrons. The second-order valence-electron chi connectivity index (χ2n) is 5.24. The summed E-state index contributed by atoms with van der Waals surface area (Å²) in [4.78, 5) is 14.5. The Balaban J connectivity index is 1.91. The van der Waals surface area contributed by atoms with Crippen molar-refractivity contribution in [3.05, 3.63) is 22.8 Å². The molecule has 0 bridgehead atoms. The molecule has 1 saturated heterocycles. The predicted molar refractivity (Wildman–Crippen MR) is 112 cm³/mol. The molecule has 2 rings (SSSR count). The topological polar surface area (TPSA) is 44.4 Å². The zero-order chi connectivity index (χ0) is 15.4. The average molecular weight is 625 g/mol. The molecule has 0 saturated carbocycles. The van der Waals surface area contributed by atoms with Crippen LogP contribution in [0.4, 0.5) is 5.69 Å². The second-order valence-corrected chi connectivity index (χ2v) is 8.81. The molecular weight excluding hydrogens is 607 g/mol. The average Bonchev–Trinajstić information content (AvgIpc) is 2.81. The fourth-order valence-corrected chi connectivity index (χ4v) is 6.41. The van der Waals surface area contributed by atoms with Crippen LogP contribution in [0.5, 0.6) is 0 Å². The van der Waals surface area contributed by atoms with Crippen LogP contribution in [0.1, 0.15) is 6.42 Å². The number of carbonyl (C=O) groups is 1. The van der Waals surface area contributed by atoms with Gasteiger partial charge in [0, 0.05) is 17.3 Å². The van der Waals surface area contributed by atoms with Crippen LogP contribution < -0.4 is 10.6 Å². The van der Waals surface area contributed by atoms with Gasteiger partial charge in [-0.3, -0.25) is 9.69 Å². The fourth-order valence-electron chi connectivity index (χ4n) is 2.56. The number of hydrogen-bond acceptors (Lipinski definition) is 3. The summed E-state index contributed by atoms with van der Waals surface area (Å²) in [6, 6.07) is 4.16. The van der Waals surface area contributed by atoms with Gasteiger partial charge in [-0.25, -0.2) is 0 Å². The van der Waals surface area contributed by atoms with Crippen molar-refractivity contribution in [1.29, 1.82) is 0 Å². The highest BCUT2D eigenvalue weighted by Gasteiger charge is 2.23. The molecule has 1 unspecified atom stereocenters. The number of anilines is 1. The zero-order valence-corrected chi connectivity index (χ0v) is 18.2. The third kappa shape index (κ3) is 5.43. The summed E-state index contributed by atoms with van der Waals surface area (Å²) in [7, 11) is 1.98. The smallest absolute Gasteiger partial charge is 0.238 e. The third-order valence-corrected chi connectivity index (χ3v) is 5.83. The van der Waals surface area contributed by atoms with E-state index < -0.39 is 0 Å². The predicted octanol–water partition coefficient (Wildman–Crippen LogP) is 2.98. The van der Waals surface area contributed by atoms with Crippen LogP contribution in [0.25, 0.3) is 0 Å². The van der Waals surface area contributed by atoms with Crippen LogP contribution in [-0.4, -0.2) is 44.0 Å². The highest BCUT2D eigenvalue weighted by molar-refractivity contribution is 14.1. The first-order chi connectivity index (χ1) is 9.99. The fraction of sp³-hybridized carbons (Fsp3) is 0.500. The van der Waals surface area contributed by atoms with Gasteiger partial charge in [0.05, 0.1) is 12.2 Å². The number of hydrogen-bond donors (Lipinski definition) is 2. The molecule has 4 nitrogen and oxygen atoms in total. The Hall–Kier alpha value is 0.800. The van der Waals surface area contributed by atoms with Crippen LogP contribution in [0.15, 0.2) is 12.1 Å². The molecule has 21 heavy (non-hydrogen) atoms. The van der Waals surface area contributed by atoms with Crippen molar-refractivity contribution in [2.45, 2.75) is 6.42 Å². The van der Waals surface area contributed by atoms with Gasteiger partial charge >= 0.3 is 0 Å². The monoisotopic (exact) mass is 625 g/mol. The minimum atomic E-state index is 0.0807. The zero-order valence-electron chi connectivity index (χ0n) is 11.8. The third-order valence-electron chi connectivity index (χ3n) is 3.50.